The van der Waals surface area contributed by atoms with Crippen LogP contribution in [-0.4, -0.2) is 21.9 Å². The van der Waals surface area contributed by atoms with Crippen molar-refractivity contribution in [3.05, 3.63) is 83.7 Å². The summed E-state index contributed by atoms with van der Waals surface area (Å²) in [6.07, 6.45) is 3.90. The van der Waals surface area contributed by atoms with Crippen LogP contribution >= 0.6 is 0 Å². The van der Waals surface area contributed by atoms with Crippen LogP contribution in [0.25, 0.3) is 5.69 Å². The number of hydrogen-bond donors (Lipinski definition) is 2. The van der Waals surface area contributed by atoms with Crippen LogP contribution in [0.4, 0.5) is 5.69 Å². The van der Waals surface area contributed by atoms with Crippen molar-refractivity contribution in [2.45, 2.75) is 33.2 Å². The van der Waals surface area contributed by atoms with Gasteiger partial charge in [-0.2, -0.15) is 0 Å². The monoisotopic (exact) mass is 375 g/mol. The Labute approximate surface area is 165 Å². The lowest BCUT2D eigenvalue weighted by Gasteiger charge is -2.20. The highest BCUT2D eigenvalue weighted by atomic mass is 16.2. The molecule has 0 saturated heterocycles. The van der Waals surface area contributed by atoms with Crippen molar-refractivity contribution in [3.8, 4) is 5.69 Å². The van der Waals surface area contributed by atoms with Gasteiger partial charge in [-0.3, -0.25) is 9.59 Å². The number of amides is 2. The molecule has 0 aliphatic rings. The van der Waals surface area contributed by atoms with E-state index in [1.54, 1.807) is 24.3 Å². The van der Waals surface area contributed by atoms with Crippen LogP contribution in [0, 0.1) is 6.92 Å². The number of aryl methyl sites for hydroxylation is 1. The summed E-state index contributed by atoms with van der Waals surface area (Å²) in [5.74, 6) is -0.333. The highest BCUT2D eigenvalue weighted by Crippen LogP contribution is 2.18. The Bertz CT molecular complexity index is 982. The van der Waals surface area contributed by atoms with Gasteiger partial charge in [0.25, 0.3) is 11.8 Å². The van der Waals surface area contributed by atoms with Crippen molar-refractivity contribution in [1.29, 1.82) is 0 Å². The number of anilines is 1. The molecule has 0 fully saturated rings. The Morgan fingerprint density at radius 2 is 1.46 bits per heavy atom. The summed E-state index contributed by atoms with van der Waals surface area (Å²) < 4.78 is 1.98. The van der Waals surface area contributed by atoms with E-state index < -0.39 is 0 Å². The highest BCUT2D eigenvalue weighted by Gasteiger charge is 2.15. The quantitative estimate of drug-likeness (QED) is 0.702. The van der Waals surface area contributed by atoms with E-state index in [4.69, 9.17) is 0 Å². The maximum atomic E-state index is 12.7. The first-order chi connectivity index (χ1) is 13.2. The predicted molar refractivity (Wildman–Crippen MR) is 112 cm³/mol. The van der Waals surface area contributed by atoms with Crippen LogP contribution in [0.5, 0.6) is 0 Å². The van der Waals surface area contributed by atoms with Crippen LogP contribution in [0.2, 0.25) is 0 Å². The van der Waals surface area contributed by atoms with Gasteiger partial charge in [-0.05, 0) is 81.8 Å². The number of carbonyl (C=O) groups excluding carboxylic acids is 2. The molecular weight excluding hydrogens is 350 g/mol. The van der Waals surface area contributed by atoms with Gasteiger partial charge < -0.3 is 15.2 Å². The molecule has 0 bridgehead atoms. The van der Waals surface area contributed by atoms with E-state index in [0.717, 1.165) is 11.3 Å². The third kappa shape index (κ3) is 4.68. The zero-order valence-corrected chi connectivity index (χ0v) is 16.6. The maximum Gasteiger partial charge on any atom is 0.255 e. The molecule has 144 valence electrons. The summed E-state index contributed by atoms with van der Waals surface area (Å²) in [6, 6.07) is 16.4. The van der Waals surface area contributed by atoms with Gasteiger partial charge in [-0.15, -0.1) is 0 Å². The Morgan fingerprint density at radius 3 is 2.07 bits per heavy atom. The zero-order valence-electron chi connectivity index (χ0n) is 16.6. The fraction of sp³-hybridized carbons (Fsp3) is 0.217. The average molecular weight is 375 g/mol. The number of nitrogens with zero attached hydrogens (tertiary/aromatic N) is 1. The fourth-order valence-corrected chi connectivity index (χ4v) is 2.84. The first-order valence-corrected chi connectivity index (χ1v) is 9.21. The number of nitrogens with one attached hydrogen (secondary N) is 2. The second-order valence-electron chi connectivity index (χ2n) is 7.83. The van der Waals surface area contributed by atoms with Gasteiger partial charge in [0.2, 0.25) is 0 Å². The van der Waals surface area contributed by atoms with Gasteiger partial charge >= 0.3 is 0 Å². The highest BCUT2D eigenvalue weighted by molar-refractivity contribution is 6.05. The Morgan fingerprint density at radius 1 is 0.857 bits per heavy atom. The summed E-state index contributed by atoms with van der Waals surface area (Å²) in [5, 5.41) is 5.80. The molecule has 2 N–H and O–H groups in total. The van der Waals surface area contributed by atoms with E-state index in [0.29, 0.717) is 16.8 Å². The van der Waals surface area contributed by atoms with Gasteiger partial charge in [0.15, 0.2) is 0 Å². The molecule has 5 heteroatoms. The number of rotatable bonds is 4. The van der Waals surface area contributed by atoms with Gasteiger partial charge in [0.05, 0.1) is 0 Å². The third-order valence-corrected chi connectivity index (χ3v) is 4.25. The Balaban J connectivity index is 1.73. The van der Waals surface area contributed by atoms with Crippen molar-refractivity contribution < 1.29 is 9.59 Å². The van der Waals surface area contributed by atoms with Crippen molar-refractivity contribution >= 4 is 17.5 Å². The van der Waals surface area contributed by atoms with Crippen molar-refractivity contribution in [3.63, 3.8) is 0 Å². The molecule has 0 atom stereocenters. The summed E-state index contributed by atoms with van der Waals surface area (Å²) in [4.78, 5) is 24.9. The molecule has 0 unspecified atom stereocenters. The number of aromatic nitrogens is 1. The van der Waals surface area contributed by atoms with Crippen molar-refractivity contribution in [2.24, 2.45) is 0 Å². The Kier molecular flexibility index (Phi) is 5.36. The van der Waals surface area contributed by atoms with E-state index in [-0.39, 0.29) is 17.4 Å². The summed E-state index contributed by atoms with van der Waals surface area (Å²) in [5.41, 5.74) is 3.52. The number of carbonyl (C=O) groups is 2. The minimum atomic E-state index is -0.299. The van der Waals surface area contributed by atoms with E-state index in [1.807, 2.05) is 75.0 Å². The Hall–Kier alpha value is -3.34. The van der Waals surface area contributed by atoms with Crippen LogP contribution in [0.3, 0.4) is 0 Å². The lowest BCUT2D eigenvalue weighted by molar-refractivity contribution is 0.0919. The smallest absolute Gasteiger partial charge is 0.255 e. The van der Waals surface area contributed by atoms with Crippen LogP contribution < -0.4 is 10.6 Å². The molecule has 0 spiro atoms. The molecule has 5 nitrogen and oxygen atoms in total. The van der Waals surface area contributed by atoms with Crippen molar-refractivity contribution in [1.82, 2.24) is 9.88 Å². The number of hydrogen-bond acceptors (Lipinski definition) is 2. The molecule has 3 aromatic rings. The van der Waals surface area contributed by atoms with Gasteiger partial charge in [-0.1, -0.05) is 6.07 Å². The SMILES string of the molecule is Cc1ccc(C(=O)Nc2ccc(C(=O)NC(C)(C)C)cc2)cc1-n1cccc1. The molecule has 2 amide bonds. The molecule has 0 saturated carbocycles. The standard InChI is InChI=1S/C23H25N3O2/c1-16-7-8-18(15-20(16)26-13-5-6-14-26)21(27)24-19-11-9-17(10-12-19)22(28)25-23(2,3)4/h5-15H,1-4H3,(H,24,27)(H,25,28). The average Bonchev–Trinajstić information content (AvgIpc) is 3.15. The number of benzene rings is 2. The minimum Gasteiger partial charge on any atom is -0.347 e. The maximum absolute atomic E-state index is 12.7. The molecule has 0 aliphatic carbocycles. The minimum absolute atomic E-state index is 0.139. The summed E-state index contributed by atoms with van der Waals surface area (Å²) >= 11 is 0. The largest absolute Gasteiger partial charge is 0.347 e. The van der Waals surface area contributed by atoms with E-state index in [1.165, 1.54) is 0 Å². The first-order valence-electron chi connectivity index (χ1n) is 9.21. The van der Waals surface area contributed by atoms with E-state index in [2.05, 4.69) is 10.6 Å². The zero-order chi connectivity index (χ0) is 20.3. The predicted octanol–water partition coefficient (Wildman–Crippen LogP) is 4.57. The van der Waals surface area contributed by atoms with Gasteiger partial charge in [0, 0.05) is 40.4 Å². The van der Waals surface area contributed by atoms with Crippen LogP contribution in [-0.2, 0) is 0 Å². The molecule has 1 heterocycles. The molecule has 1 aromatic heterocycles. The molecule has 28 heavy (non-hydrogen) atoms. The van der Waals surface area contributed by atoms with E-state index in [9.17, 15) is 9.59 Å². The normalized spacial score (nSPS) is 11.1. The molecule has 3 rings (SSSR count). The molecule has 0 aliphatic heterocycles. The van der Waals surface area contributed by atoms with Crippen LogP contribution in [0.1, 0.15) is 47.1 Å². The first kappa shape index (κ1) is 19.4. The van der Waals surface area contributed by atoms with Gasteiger partial charge in [0.1, 0.15) is 0 Å². The fourth-order valence-electron chi connectivity index (χ4n) is 2.84. The van der Waals surface area contributed by atoms with Crippen LogP contribution in [0.15, 0.2) is 67.0 Å². The second kappa shape index (κ2) is 7.72. The lowest BCUT2D eigenvalue weighted by atomic mass is 10.1. The summed E-state index contributed by atoms with van der Waals surface area (Å²) in [7, 11) is 0. The van der Waals surface area contributed by atoms with E-state index >= 15 is 0 Å². The lowest BCUT2D eigenvalue weighted by Crippen LogP contribution is -2.40. The van der Waals surface area contributed by atoms with Gasteiger partial charge in [-0.25, -0.2) is 0 Å². The van der Waals surface area contributed by atoms with Crippen molar-refractivity contribution in [2.75, 3.05) is 5.32 Å². The molecule has 0 radical (unpaired) electrons. The summed E-state index contributed by atoms with van der Waals surface area (Å²) in [6.45, 7) is 7.81. The second-order valence-corrected chi connectivity index (χ2v) is 7.83. The molecular formula is C23H25N3O2. The topological polar surface area (TPSA) is 63.1 Å². The molecule has 2 aromatic carbocycles. The third-order valence-electron chi connectivity index (χ3n) is 4.25.